The Kier molecular flexibility index (Phi) is 9.59. The molecule has 0 saturated carbocycles. The first-order valence-corrected chi connectivity index (χ1v) is 18.8. The highest BCUT2D eigenvalue weighted by Crippen LogP contribution is 2.44. The van der Waals surface area contributed by atoms with Crippen LogP contribution in [0.2, 0.25) is 0 Å². The van der Waals surface area contributed by atoms with E-state index >= 15 is 35.1 Å². The molecule has 0 aromatic heterocycles. The van der Waals surface area contributed by atoms with E-state index in [-0.39, 0.29) is 21.7 Å². The summed E-state index contributed by atoms with van der Waals surface area (Å²) in [6, 6.07) is 8.43. The molecule has 3 N–H and O–H groups in total. The van der Waals surface area contributed by atoms with E-state index in [1.807, 2.05) is 0 Å². The zero-order valence-electron chi connectivity index (χ0n) is 26.6. The summed E-state index contributed by atoms with van der Waals surface area (Å²) < 4.78 is 231. The molecule has 0 spiro atoms. The van der Waals surface area contributed by atoms with Gasteiger partial charge in [-0.2, -0.15) is 42.8 Å². The number of fused-ring (bicyclic) bond motifs is 2. The molecule has 55 heavy (non-hydrogen) atoms. The van der Waals surface area contributed by atoms with Crippen molar-refractivity contribution >= 4 is 51.9 Å². The third-order valence-corrected chi connectivity index (χ3v) is 10.5. The summed E-state index contributed by atoms with van der Waals surface area (Å²) in [7, 11) is -15.0. The highest BCUT2D eigenvalue weighted by Gasteiger charge is 2.36. The average Bonchev–Trinajstić information content (AvgIpc) is 3.10. The van der Waals surface area contributed by atoms with E-state index in [0.717, 1.165) is 42.5 Å². The van der Waals surface area contributed by atoms with Crippen LogP contribution in [0.1, 0.15) is 5.56 Å². The van der Waals surface area contributed by atoms with Crippen molar-refractivity contribution < 1.29 is 83.5 Å². The third kappa shape index (κ3) is 7.02. The lowest BCUT2D eigenvalue weighted by Gasteiger charge is -2.17. The Morgan fingerprint density at radius 1 is 0.455 bits per heavy atom. The largest absolute Gasteiger partial charge is 0.451 e. The summed E-state index contributed by atoms with van der Waals surface area (Å²) in [6.45, 7) is 1.37. The Hall–Kier alpha value is -5.39. The number of rotatable bonds is 8. The van der Waals surface area contributed by atoms with Gasteiger partial charge in [0.05, 0.1) is 20.9 Å². The number of hydrogen-bond donors (Lipinski definition) is 3. The summed E-state index contributed by atoms with van der Waals surface area (Å²) >= 11 is 0. The second kappa shape index (κ2) is 13.4. The van der Waals surface area contributed by atoms with Gasteiger partial charge < -0.3 is 9.47 Å². The van der Waals surface area contributed by atoms with Gasteiger partial charge in [-0.15, -0.1) is 0 Å². The molecule has 0 radical (unpaired) electrons. The summed E-state index contributed by atoms with van der Waals surface area (Å²) in [6.07, 6.45) is 0. The fourth-order valence-corrected chi connectivity index (χ4v) is 7.43. The normalized spacial score (nSPS) is 12.4. The Bertz CT molecular complexity index is 2960. The van der Waals surface area contributed by atoms with Crippen LogP contribution < -0.4 is 9.47 Å². The maximum absolute atomic E-state index is 15.4. The standard InChI is InChI=1S/C33H16F8O11S3/c1-12-6-17(53(42,43)44)7-13-2-4-15(9-19(12)13)51-32-28(38)24(34)22(25(35)29(32)39)23-26(36)30(40)33(31(41)27(23)37)52-16-5-3-14-8-18(54(45,46)47)11-21(20(14)10-16)55(48,49)50/h2-11H,1H3,(H,42,43,44)(H,45,46,47)(H,48,49,50). The molecule has 6 rings (SSSR count). The molecule has 0 aliphatic rings. The van der Waals surface area contributed by atoms with Gasteiger partial charge in [-0.3, -0.25) is 13.7 Å². The first kappa shape index (κ1) is 39.3. The lowest BCUT2D eigenvalue weighted by Crippen LogP contribution is -2.09. The van der Waals surface area contributed by atoms with E-state index in [0.29, 0.717) is 18.2 Å². The summed E-state index contributed by atoms with van der Waals surface area (Å²) in [5.74, 6) is -25.4. The Morgan fingerprint density at radius 2 is 0.818 bits per heavy atom. The Balaban J connectivity index is 1.41. The number of aryl methyl sites for hydroxylation is 1. The van der Waals surface area contributed by atoms with Gasteiger partial charge in [0.15, 0.2) is 23.3 Å². The first-order valence-electron chi connectivity index (χ1n) is 14.5. The van der Waals surface area contributed by atoms with Gasteiger partial charge in [0, 0.05) is 5.39 Å². The average molecular weight is 837 g/mol. The number of halogens is 8. The molecular formula is C33H16F8O11S3. The third-order valence-electron chi connectivity index (χ3n) is 7.98. The van der Waals surface area contributed by atoms with Crippen molar-refractivity contribution in [1.29, 1.82) is 0 Å². The summed E-state index contributed by atoms with van der Waals surface area (Å²) in [5.41, 5.74) is -4.35. The second-order valence-corrected chi connectivity index (χ2v) is 15.7. The van der Waals surface area contributed by atoms with E-state index in [9.17, 15) is 38.9 Å². The van der Waals surface area contributed by atoms with Gasteiger partial charge in [-0.1, -0.05) is 12.1 Å². The predicted octanol–water partition coefficient (Wildman–Crippen LogP) is 8.41. The van der Waals surface area contributed by atoms with E-state index in [2.05, 4.69) is 0 Å². The zero-order chi connectivity index (χ0) is 40.7. The van der Waals surface area contributed by atoms with Crippen molar-refractivity contribution in [2.75, 3.05) is 0 Å². The molecule has 6 aromatic carbocycles. The van der Waals surface area contributed by atoms with Crippen LogP contribution in [0.15, 0.2) is 75.4 Å². The number of benzene rings is 6. The molecule has 0 heterocycles. The molecule has 0 aliphatic heterocycles. The van der Waals surface area contributed by atoms with Crippen molar-refractivity contribution in [1.82, 2.24) is 0 Å². The van der Waals surface area contributed by atoms with Gasteiger partial charge in [0.1, 0.15) is 16.4 Å². The molecule has 0 amide bonds. The highest BCUT2D eigenvalue weighted by atomic mass is 32.2. The van der Waals surface area contributed by atoms with E-state index < -0.39 is 131 Å². The molecule has 11 nitrogen and oxygen atoms in total. The van der Waals surface area contributed by atoms with Crippen molar-refractivity contribution in [2.45, 2.75) is 21.6 Å². The molecule has 0 unspecified atom stereocenters. The van der Waals surface area contributed by atoms with E-state index in [4.69, 9.17) is 9.47 Å². The molecular weight excluding hydrogens is 821 g/mol. The molecule has 288 valence electrons. The molecule has 6 aromatic rings. The lowest BCUT2D eigenvalue weighted by atomic mass is 10.0. The minimum absolute atomic E-state index is 0.161. The molecule has 0 bridgehead atoms. The van der Waals surface area contributed by atoms with Crippen LogP contribution in [0.4, 0.5) is 35.1 Å². The fraction of sp³-hybridized carbons (Fsp3) is 0.0303. The maximum atomic E-state index is 15.4. The zero-order valence-corrected chi connectivity index (χ0v) is 29.1. The van der Waals surface area contributed by atoms with Gasteiger partial charge in [-0.05, 0) is 77.2 Å². The fourth-order valence-electron chi connectivity index (χ4n) is 5.48. The van der Waals surface area contributed by atoms with Crippen LogP contribution in [0.3, 0.4) is 0 Å². The monoisotopic (exact) mass is 836 g/mol. The number of hydrogen-bond acceptors (Lipinski definition) is 8. The van der Waals surface area contributed by atoms with Gasteiger partial charge in [0.2, 0.25) is 34.8 Å². The summed E-state index contributed by atoms with van der Waals surface area (Å²) in [5, 5.41) is -0.604. The van der Waals surface area contributed by atoms with Crippen LogP contribution >= 0.6 is 0 Å². The second-order valence-electron chi connectivity index (χ2n) is 11.5. The van der Waals surface area contributed by atoms with Crippen LogP contribution in [0.5, 0.6) is 23.0 Å². The first-order chi connectivity index (χ1) is 25.4. The molecule has 0 fully saturated rings. The Morgan fingerprint density at radius 3 is 1.20 bits per heavy atom. The van der Waals surface area contributed by atoms with E-state index in [1.165, 1.54) is 6.92 Å². The predicted molar refractivity (Wildman–Crippen MR) is 174 cm³/mol. The highest BCUT2D eigenvalue weighted by molar-refractivity contribution is 7.87. The van der Waals surface area contributed by atoms with Crippen LogP contribution in [0.25, 0.3) is 32.7 Å². The van der Waals surface area contributed by atoms with Crippen LogP contribution in [-0.2, 0) is 30.4 Å². The van der Waals surface area contributed by atoms with Crippen molar-refractivity contribution in [2.24, 2.45) is 0 Å². The maximum Gasteiger partial charge on any atom is 0.295 e. The van der Waals surface area contributed by atoms with Crippen LogP contribution in [0, 0.1) is 53.5 Å². The molecule has 0 saturated heterocycles. The summed E-state index contributed by atoms with van der Waals surface area (Å²) in [4.78, 5) is -2.69. The minimum atomic E-state index is -5.29. The molecule has 22 heteroatoms. The quantitative estimate of drug-likeness (QED) is 0.0761. The van der Waals surface area contributed by atoms with Crippen molar-refractivity contribution in [3.63, 3.8) is 0 Å². The molecule has 0 aliphatic carbocycles. The van der Waals surface area contributed by atoms with Gasteiger partial charge >= 0.3 is 0 Å². The number of ether oxygens (including phenoxy) is 2. The van der Waals surface area contributed by atoms with Gasteiger partial charge in [-0.25, -0.2) is 17.6 Å². The minimum Gasteiger partial charge on any atom is -0.451 e. The van der Waals surface area contributed by atoms with Gasteiger partial charge in [0.25, 0.3) is 30.4 Å². The van der Waals surface area contributed by atoms with Crippen LogP contribution in [-0.4, -0.2) is 38.9 Å². The Labute approximate surface area is 303 Å². The van der Waals surface area contributed by atoms with Crippen molar-refractivity contribution in [3.8, 4) is 34.1 Å². The van der Waals surface area contributed by atoms with E-state index in [1.54, 1.807) is 0 Å². The van der Waals surface area contributed by atoms with Crippen molar-refractivity contribution in [3.05, 3.63) is 113 Å². The smallest absolute Gasteiger partial charge is 0.295 e. The topological polar surface area (TPSA) is 182 Å². The lowest BCUT2D eigenvalue weighted by molar-refractivity contribution is 0.360. The molecule has 0 atom stereocenters. The SMILES string of the molecule is Cc1cc(S(=O)(=O)O)cc2ccc(Oc3c(F)c(F)c(-c4c(F)c(F)c(Oc5ccc6cc(S(=O)(=O)O)cc(S(=O)(=O)O)c6c5)c(F)c4F)c(F)c3F)cc12.